The Hall–Kier alpha value is -3.28. The fourth-order valence-corrected chi connectivity index (χ4v) is 3.45. The fraction of sp³-hybridized carbons (Fsp3) is 0.333. The van der Waals surface area contributed by atoms with Gasteiger partial charge >= 0.3 is 6.03 Å². The Morgan fingerprint density at radius 3 is 2.43 bits per heavy atom. The van der Waals surface area contributed by atoms with Crippen LogP contribution in [0.1, 0.15) is 39.0 Å². The molecule has 0 unspecified atom stereocenters. The van der Waals surface area contributed by atoms with Crippen LogP contribution in [0.2, 0.25) is 0 Å². The zero-order valence-corrected chi connectivity index (χ0v) is 17.4. The second-order valence-electron chi connectivity index (χ2n) is 7.54. The molecule has 158 valence electrons. The first-order chi connectivity index (χ1) is 14.6. The van der Waals surface area contributed by atoms with Gasteiger partial charge in [-0.3, -0.25) is 4.79 Å². The Morgan fingerprint density at radius 1 is 0.933 bits per heavy atom. The van der Waals surface area contributed by atoms with Gasteiger partial charge in [0.1, 0.15) is 6.04 Å². The van der Waals surface area contributed by atoms with Crippen LogP contribution in [0.25, 0.3) is 0 Å². The topological polar surface area (TPSA) is 82.3 Å². The van der Waals surface area contributed by atoms with Crippen molar-refractivity contribution in [3.05, 3.63) is 66.2 Å². The number of hydrogen-bond donors (Lipinski definition) is 4. The molecule has 0 saturated heterocycles. The van der Waals surface area contributed by atoms with Crippen LogP contribution in [0.3, 0.4) is 0 Å². The number of carbonyl (C=O) groups excluding carboxylic acids is 2. The average Bonchev–Trinajstić information content (AvgIpc) is 2.75. The maximum Gasteiger partial charge on any atom is 0.323 e. The standard InChI is InChI=1S/C24H30N4O2/c1-18(23(29)25-16-15-19-9-4-2-5-10-19)26-21-13-8-14-22(17-21)28-24(30)27-20-11-6-3-7-12-20/h3,6-9,11-14,17-18,26H,2,4-5,10,15-16H2,1H3,(H,25,29)(H2,27,28,30)/t18-/m0/s1. The van der Waals surface area contributed by atoms with Crippen molar-refractivity contribution >= 4 is 29.0 Å². The maximum atomic E-state index is 12.4. The zero-order chi connectivity index (χ0) is 21.2. The molecule has 6 nitrogen and oxygen atoms in total. The second kappa shape index (κ2) is 11.0. The molecule has 4 N–H and O–H groups in total. The smallest absolute Gasteiger partial charge is 0.323 e. The summed E-state index contributed by atoms with van der Waals surface area (Å²) in [5.74, 6) is -0.0356. The molecule has 3 amide bonds. The molecule has 0 heterocycles. The minimum absolute atomic E-state index is 0.0356. The molecule has 0 saturated carbocycles. The zero-order valence-electron chi connectivity index (χ0n) is 17.4. The van der Waals surface area contributed by atoms with Gasteiger partial charge in [0.05, 0.1) is 0 Å². The normalized spacial score (nSPS) is 14.2. The van der Waals surface area contributed by atoms with Crippen LogP contribution in [0.15, 0.2) is 66.2 Å². The number of carbonyl (C=O) groups is 2. The average molecular weight is 407 g/mol. The van der Waals surface area contributed by atoms with E-state index in [2.05, 4.69) is 27.3 Å². The van der Waals surface area contributed by atoms with Gasteiger partial charge < -0.3 is 21.3 Å². The summed E-state index contributed by atoms with van der Waals surface area (Å²) in [5.41, 5.74) is 3.59. The van der Waals surface area contributed by atoms with E-state index in [-0.39, 0.29) is 18.0 Å². The van der Waals surface area contributed by atoms with Crippen LogP contribution in [0.4, 0.5) is 21.9 Å². The molecule has 30 heavy (non-hydrogen) atoms. The van der Waals surface area contributed by atoms with Crippen molar-refractivity contribution in [1.82, 2.24) is 5.32 Å². The maximum absolute atomic E-state index is 12.4. The molecular formula is C24H30N4O2. The van der Waals surface area contributed by atoms with E-state index in [9.17, 15) is 9.59 Å². The van der Waals surface area contributed by atoms with Crippen LogP contribution in [-0.4, -0.2) is 24.5 Å². The molecular weight excluding hydrogens is 376 g/mol. The highest BCUT2D eigenvalue weighted by molar-refractivity contribution is 6.00. The Morgan fingerprint density at radius 2 is 1.67 bits per heavy atom. The first-order valence-corrected chi connectivity index (χ1v) is 10.6. The van der Waals surface area contributed by atoms with E-state index in [0.717, 1.165) is 30.6 Å². The second-order valence-corrected chi connectivity index (χ2v) is 7.54. The van der Waals surface area contributed by atoms with Crippen LogP contribution in [0.5, 0.6) is 0 Å². The molecule has 0 aromatic heterocycles. The van der Waals surface area contributed by atoms with Crippen molar-refractivity contribution in [2.24, 2.45) is 0 Å². The van der Waals surface area contributed by atoms with Gasteiger partial charge in [-0.1, -0.05) is 35.9 Å². The number of amides is 3. The number of urea groups is 1. The lowest BCUT2D eigenvalue weighted by Crippen LogP contribution is -2.38. The molecule has 0 fully saturated rings. The van der Waals surface area contributed by atoms with Crippen LogP contribution in [0, 0.1) is 0 Å². The Labute approximate surface area is 178 Å². The summed E-state index contributed by atoms with van der Waals surface area (Å²) in [6.45, 7) is 2.50. The monoisotopic (exact) mass is 406 g/mol. The molecule has 3 rings (SSSR count). The molecule has 0 bridgehead atoms. The number of hydrogen-bond acceptors (Lipinski definition) is 3. The van der Waals surface area contributed by atoms with Gasteiger partial charge in [-0.15, -0.1) is 0 Å². The number of rotatable bonds is 8. The van der Waals surface area contributed by atoms with E-state index in [1.54, 1.807) is 12.1 Å². The number of nitrogens with one attached hydrogen (secondary N) is 4. The van der Waals surface area contributed by atoms with E-state index in [1.807, 2.05) is 49.4 Å². The van der Waals surface area contributed by atoms with Crippen molar-refractivity contribution in [3.63, 3.8) is 0 Å². The third kappa shape index (κ3) is 6.95. The van der Waals surface area contributed by atoms with E-state index in [1.165, 1.54) is 18.4 Å². The summed E-state index contributed by atoms with van der Waals surface area (Å²) in [4.78, 5) is 24.5. The van der Waals surface area contributed by atoms with Gasteiger partial charge in [0.2, 0.25) is 5.91 Å². The van der Waals surface area contributed by atoms with Crippen molar-refractivity contribution in [2.75, 3.05) is 22.5 Å². The Balaban J connectivity index is 1.45. The van der Waals surface area contributed by atoms with E-state index in [0.29, 0.717) is 12.2 Å². The first kappa shape index (κ1) is 21.4. The summed E-state index contributed by atoms with van der Waals surface area (Å²) < 4.78 is 0. The quantitative estimate of drug-likeness (QED) is 0.458. The highest BCUT2D eigenvalue weighted by Crippen LogP contribution is 2.19. The SMILES string of the molecule is C[C@H](Nc1cccc(NC(=O)Nc2ccccc2)c1)C(=O)NCCC1=CCCCC1. The molecule has 1 atom stereocenters. The summed E-state index contributed by atoms with van der Waals surface area (Å²) in [6, 6.07) is 15.9. The number of benzene rings is 2. The molecule has 0 aliphatic heterocycles. The van der Waals surface area contributed by atoms with Crippen molar-refractivity contribution in [2.45, 2.75) is 45.1 Å². The van der Waals surface area contributed by atoms with Crippen LogP contribution in [-0.2, 0) is 4.79 Å². The lowest BCUT2D eigenvalue weighted by atomic mass is 9.97. The van der Waals surface area contributed by atoms with Crippen molar-refractivity contribution < 1.29 is 9.59 Å². The van der Waals surface area contributed by atoms with Gasteiger partial charge in [-0.05, 0) is 69.4 Å². The highest BCUT2D eigenvalue weighted by Gasteiger charge is 2.13. The third-order valence-electron chi connectivity index (χ3n) is 5.06. The van der Waals surface area contributed by atoms with E-state index >= 15 is 0 Å². The molecule has 2 aromatic carbocycles. The number of para-hydroxylation sites is 1. The van der Waals surface area contributed by atoms with Crippen LogP contribution < -0.4 is 21.3 Å². The predicted molar refractivity (Wildman–Crippen MR) is 123 cm³/mol. The summed E-state index contributed by atoms with van der Waals surface area (Å²) in [5, 5.41) is 11.8. The molecule has 2 aromatic rings. The lowest BCUT2D eigenvalue weighted by Gasteiger charge is -2.17. The van der Waals surface area contributed by atoms with Gasteiger partial charge in [0.15, 0.2) is 0 Å². The Kier molecular flexibility index (Phi) is 7.89. The fourth-order valence-electron chi connectivity index (χ4n) is 3.45. The third-order valence-corrected chi connectivity index (χ3v) is 5.06. The van der Waals surface area contributed by atoms with Gasteiger partial charge in [0.25, 0.3) is 0 Å². The van der Waals surface area contributed by atoms with E-state index in [4.69, 9.17) is 0 Å². The van der Waals surface area contributed by atoms with Gasteiger partial charge in [-0.2, -0.15) is 0 Å². The number of allylic oxidation sites excluding steroid dienone is 1. The number of anilines is 3. The predicted octanol–water partition coefficient (Wildman–Crippen LogP) is 5.14. The van der Waals surface area contributed by atoms with E-state index < -0.39 is 0 Å². The summed E-state index contributed by atoms with van der Waals surface area (Å²) >= 11 is 0. The van der Waals surface area contributed by atoms with Crippen LogP contribution >= 0.6 is 0 Å². The minimum Gasteiger partial charge on any atom is -0.374 e. The highest BCUT2D eigenvalue weighted by atomic mass is 16.2. The minimum atomic E-state index is -0.376. The molecule has 1 aliphatic rings. The summed E-state index contributed by atoms with van der Waals surface area (Å²) in [7, 11) is 0. The Bertz CT molecular complexity index is 880. The summed E-state index contributed by atoms with van der Waals surface area (Å²) in [6.07, 6.45) is 8.08. The molecule has 6 heteroatoms. The molecule has 0 spiro atoms. The molecule has 0 radical (unpaired) electrons. The lowest BCUT2D eigenvalue weighted by molar-refractivity contribution is -0.121. The van der Waals surface area contributed by atoms with Gasteiger partial charge in [0, 0.05) is 23.6 Å². The molecule has 1 aliphatic carbocycles. The van der Waals surface area contributed by atoms with Gasteiger partial charge in [-0.25, -0.2) is 4.79 Å². The largest absolute Gasteiger partial charge is 0.374 e. The van der Waals surface area contributed by atoms with Crippen molar-refractivity contribution in [3.8, 4) is 0 Å². The first-order valence-electron chi connectivity index (χ1n) is 10.6. The van der Waals surface area contributed by atoms with Crippen molar-refractivity contribution in [1.29, 1.82) is 0 Å².